The van der Waals surface area contributed by atoms with Crippen LogP contribution in [0.15, 0.2) is 36.7 Å². The van der Waals surface area contributed by atoms with Gasteiger partial charge in [0.15, 0.2) is 0 Å². The number of nitrogens with one attached hydrogen (secondary N) is 1. The Morgan fingerprint density at radius 2 is 1.89 bits per heavy atom. The lowest BCUT2D eigenvalue weighted by Crippen LogP contribution is -2.29. The van der Waals surface area contributed by atoms with Crippen molar-refractivity contribution in [3.8, 4) is 11.4 Å². The first-order valence-electron chi connectivity index (χ1n) is 6.34. The molecule has 0 radical (unpaired) electrons. The molecule has 94 valence electrons. The summed E-state index contributed by atoms with van der Waals surface area (Å²) in [6.07, 6.45) is 6.07. The van der Waals surface area contributed by atoms with Gasteiger partial charge in [0.1, 0.15) is 11.6 Å². The number of imidazole rings is 1. The monoisotopic (exact) mass is 245 g/mol. The third-order valence-corrected chi connectivity index (χ3v) is 3.47. The predicted octanol–water partition coefficient (Wildman–Crippen LogP) is 2.61. The number of hydrogen-bond acceptors (Lipinski definition) is 2. The Labute approximate surface area is 106 Å². The fraction of sp³-hybridized carbons (Fsp3) is 0.357. The van der Waals surface area contributed by atoms with E-state index in [1.807, 2.05) is 12.4 Å². The molecule has 1 saturated heterocycles. The van der Waals surface area contributed by atoms with Crippen molar-refractivity contribution >= 4 is 0 Å². The van der Waals surface area contributed by atoms with E-state index in [1.165, 1.54) is 12.1 Å². The maximum atomic E-state index is 12.9. The molecule has 1 N–H and O–H groups in total. The molecule has 1 aliphatic rings. The summed E-state index contributed by atoms with van der Waals surface area (Å²) < 4.78 is 15.2. The number of halogens is 1. The molecule has 0 amide bonds. The first kappa shape index (κ1) is 11.4. The standard InChI is InChI=1S/C14H16FN3/c15-12-3-1-11(2-4-12)14-17-9-10-18(14)13-5-7-16-8-6-13/h1-4,9-10,13,16H,5-8H2. The van der Waals surface area contributed by atoms with Crippen molar-refractivity contribution in [1.29, 1.82) is 0 Å². The molecular weight excluding hydrogens is 229 g/mol. The molecule has 0 atom stereocenters. The minimum absolute atomic E-state index is 0.210. The van der Waals surface area contributed by atoms with Gasteiger partial charge >= 0.3 is 0 Å². The molecule has 0 aliphatic carbocycles. The van der Waals surface area contributed by atoms with E-state index in [9.17, 15) is 4.39 Å². The highest BCUT2D eigenvalue weighted by molar-refractivity contribution is 5.55. The third-order valence-electron chi connectivity index (χ3n) is 3.47. The van der Waals surface area contributed by atoms with Gasteiger partial charge in [-0.1, -0.05) is 0 Å². The molecule has 0 saturated carbocycles. The van der Waals surface area contributed by atoms with Crippen LogP contribution in [0, 0.1) is 5.82 Å². The molecule has 0 unspecified atom stereocenters. The Hall–Kier alpha value is -1.68. The van der Waals surface area contributed by atoms with Crippen LogP contribution in [0.25, 0.3) is 11.4 Å². The highest BCUT2D eigenvalue weighted by Crippen LogP contribution is 2.26. The zero-order valence-electron chi connectivity index (χ0n) is 10.1. The summed E-state index contributed by atoms with van der Waals surface area (Å²) >= 11 is 0. The van der Waals surface area contributed by atoms with E-state index in [2.05, 4.69) is 14.9 Å². The Bertz CT molecular complexity index is 512. The average Bonchev–Trinajstić information content (AvgIpc) is 2.90. The second-order valence-corrected chi connectivity index (χ2v) is 4.65. The van der Waals surface area contributed by atoms with E-state index in [4.69, 9.17) is 0 Å². The highest BCUT2D eigenvalue weighted by Gasteiger charge is 2.18. The molecule has 4 heteroatoms. The van der Waals surface area contributed by atoms with Gasteiger partial charge in [0.05, 0.1) is 0 Å². The summed E-state index contributed by atoms with van der Waals surface area (Å²) in [4.78, 5) is 4.41. The van der Waals surface area contributed by atoms with E-state index in [-0.39, 0.29) is 5.82 Å². The molecular formula is C14H16FN3. The quantitative estimate of drug-likeness (QED) is 0.881. The number of hydrogen-bond donors (Lipinski definition) is 1. The van der Waals surface area contributed by atoms with Gasteiger partial charge in [-0.2, -0.15) is 0 Å². The average molecular weight is 245 g/mol. The second kappa shape index (κ2) is 4.90. The lowest BCUT2D eigenvalue weighted by molar-refractivity contribution is 0.370. The number of aromatic nitrogens is 2. The van der Waals surface area contributed by atoms with Gasteiger partial charge in [-0.05, 0) is 50.2 Å². The van der Waals surface area contributed by atoms with Gasteiger partial charge in [-0.25, -0.2) is 9.37 Å². The normalized spacial score (nSPS) is 16.9. The number of rotatable bonds is 2. The predicted molar refractivity (Wildman–Crippen MR) is 68.8 cm³/mol. The molecule has 1 aromatic heterocycles. The van der Waals surface area contributed by atoms with Crippen LogP contribution in [0.2, 0.25) is 0 Å². The zero-order chi connectivity index (χ0) is 12.4. The smallest absolute Gasteiger partial charge is 0.140 e. The first-order chi connectivity index (χ1) is 8.84. The van der Waals surface area contributed by atoms with Gasteiger partial charge in [-0.15, -0.1) is 0 Å². The maximum Gasteiger partial charge on any atom is 0.140 e. The van der Waals surface area contributed by atoms with E-state index < -0.39 is 0 Å². The van der Waals surface area contributed by atoms with Crippen LogP contribution in [0.3, 0.4) is 0 Å². The SMILES string of the molecule is Fc1ccc(-c2nccn2C2CCNCC2)cc1. The number of piperidine rings is 1. The topological polar surface area (TPSA) is 29.9 Å². The van der Waals surface area contributed by atoms with E-state index in [1.54, 1.807) is 12.1 Å². The summed E-state index contributed by atoms with van der Waals surface area (Å²) in [5.74, 6) is 0.723. The Kier molecular flexibility index (Phi) is 3.11. The van der Waals surface area contributed by atoms with Gasteiger partial charge < -0.3 is 9.88 Å². The van der Waals surface area contributed by atoms with Gasteiger partial charge in [-0.3, -0.25) is 0 Å². The zero-order valence-corrected chi connectivity index (χ0v) is 10.1. The number of benzene rings is 1. The van der Waals surface area contributed by atoms with Crippen molar-refractivity contribution < 1.29 is 4.39 Å². The van der Waals surface area contributed by atoms with Crippen LogP contribution in [0.5, 0.6) is 0 Å². The third kappa shape index (κ3) is 2.16. The van der Waals surface area contributed by atoms with Crippen LogP contribution in [-0.2, 0) is 0 Å². The van der Waals surface area contributed by atoms with Crippen LogP contribution in [0.1, 0.15) is 18.9 Å². The van der Waals surface area contributed by atoms with Crippen molar-refractivity contribution in [1.82, 2.24) is 14.9 Å². The molecule has 18 heavy (non-hydrogen) atoms. The molecule has 3 nitrogen and oxygen atoms in total. The van der Waals surface area contributed by atoms with Crippen LogP contribution < -0.4 is 5.32 Å². The van der Waals surface area contributed by atoms with Crippen LogP contribution in [-0.4, -0.2) is 22.6 Å². The van der Waals surface area contributed by atoms with Crippen molar-refractivity contribution in [2.75, 3.05) is 13.1 Å². The fourth-order valence-electron chi connectivity index (χ4n) is 2.52. The summed E-state index contributed by atoms with van der Waals surface area (Å²) in [7, 11) is 0. The molecule has 0 spiro atoms. The summed E-state index contributed by atoms with van der Waals surface area (Å²) in [5, 5.41) is 3.36. The van der Waals surface area contributed by atoms with E-state index >= 15 is 0 Å². The lowest BCUT2D eigenvalue weighted by Gasteiger charge is -2.25. The molecule has 0 bridgehead atoms. The Morgan fingerprint density at radius 1 is 1.17 bits per heavy atom. The minimum atomic E-state index is -0.210. The van der Waals surface area contributed by atoms with E-state index in [0.29, 0.717) is 6.04 Å². The van der Waals surface area contributed by atoms with Crippen molar-refractivity contribution in [3.63, 3.8) is 0 Å². The maximum absolute atomic E-state index is 12.9. The van der Waals surface area contributed by atoms with Crippen LogP contribution >= 0.6 is 0 Å². The minimum Gasteiger partial charge on any atom is -0.328 e. The largest absolute Gasteiger partial charge is 0.328 e. The Morgan fingerprint density at radius 3 is 2.61 bits per heavy atom. The fourth-order valence-corrected chi connectivity index (χ4v) is 2.52. The molecule has 2 aromatic rings. The number of nitrogens with zero attached hydrogens (tertiary/aromatic N) is 2. The lowest BCUT2D eigenvalue weighted by atomic mass is 10.1. The molecule has 3 rings (SSSR count). The van der Waals surface area contributed by atoms with Gasteiger partial charge in [0, 0.05) is 24.0 Å². The van der Waals surface area contributed by atoms with E-state index in [0.717, 1.165) is 37.3 Å². The van der Waals surface area contributed by atoms with Crippen molar-refractivity contribution in [3.05, 3.63) is 42.5 Å². The molecule has 1 aromatic carbocycles. The van der Waals surface area contributed by atoms with Crippen LogP contribution in [0.4, 0.5) is 4.39 Å². The van der Waals surface area contributed by atoms with Crippen molar-refractivity contribution in [2.24, 2.45) is 0 Å². The summed E-state index contributed by atoms with van der Waals surface area (Å²) in [6.45, 7) is 2.09. The van der Waals surface area contributed by atoms with Crippen molar-refractivity contribution in [2.45, 2.75) is 18.9 Å². The molecule has 1 fully saturated rings. The van der Waals surface area contributed by atoms with Gasteiger partial charge in [0.25, 0.3) is 0 Å². The molecule has 2 heterocycles. The summed E-state index contributed by atoms with van der Waals surface area (Å²) in [6, 6.07) is 7.03. The summed E-state index contributed by atoms with van der Waals surface area (Å²) in [5.41, 5.74) is 0.972. The first-order valence-corrected chi connectivity index (χ1v) is 6.34. The highest BCUT2D eigenvalue weighted by atomic mass is 19.1. The van der Waals surface area contributed by atoms with Gasteiger partial charge in [0.2, 0.25) is 0 Å². The Balaban J connectivity index is 1.93. The second-order valence-electron chi connectivity index (χ2n) is 4.65. The molecule has 1 aliphatic heterocycles.